The van der Waals surface area contributed by atoms with E-state index in [2.05, 4.69) is 154 Å². The van der Waals surface area contributed by atoms with Gasteiger partial charge in [0.05, 0.1) is 23.1 Å². The minimum absolute atomic E-state index is 0.144. The lowest BCUT2D eigenvalue weighted by Crippen LogP contribution is -2.34. The van der Waals surface area contributed by atoms with Crippen molar-refractivity contribution in [3.8, 4) is 11.1 Å². The average Bonchev–Trinajstić information content (AvgIpc) is 3.09. The summed E-state index contributed by atoms with van der Waals surface area (Å²) in [6.45, 7) is 19.9. The lowest BCUT2D eigenvalue weighted by Gasteiger charge is -2.37. The first-order chi connectivity index (χ1) is 22.3. The first-order valence-corrected chi connectivity index (χ1v) is 16.4. The van der Waals surface area contributed by atoms with Crippen LogP contribution in [0.2, 0.25) is 0 Å². The van der Waals surface area contributed by atoms with Gasteiger partial charge in [0.25, 0.3) is 0 Å². The summed E-state index contributed by atoms with van der Waals surface area (Å²) in [7, 11) is 2.10. The molecule has 234 valence electrons. The van der Waals surface area contributed by atoms with E-state index in [0.29, 0.717) is 5.92 Å². The standard InChI is InChI=1S/C43H47N3/c1-8-10-16-31(5)21-27-38-39-29-35(30(3)4)24-28-37(39)40(9-2)45-43(38)32(6)46(7)42-20-15-14-19-41(42)44-36-25-22-34(23-26-36)33-17-12-11-13-18-33/h9-20,22-26,28-30,38,43-44H,2,5-6,8,21,27H2,1,3-4,7H3/b16-10-. The number of benzene rings is 4. The highest BCUT2D eigenvalue weighted by molar-refractivity contribution is 6.10. The fraction of sp³-hybridized carbons (Fsp3) is 0.233. The molecule has 1 N–H and O–H groups in total. The molecule has 0 bridgehead atoms. The Balaban J connectivity index is 1.46. The maximum absolute atomic E-state index is 5.33. The van der Waals surface area contributed by atoms with Gasteiger partial charge < -0.3 is 10.2 Å². The summed E-state index contributed by atoms with van der Waals surface area (Å²) in [5.41, 5.74) is 12.4. The highest BCUT2D eigenvalue weighted by Crippen LogP contribution is 2.42. The van der Waals surface area contributed by atoms with E-state index in [1.165, 1.54) is 27.8 Å². The van der Waals surface area contributed by atoms with Gasteiger partial charge in [-0.15, -0.1) is 0 Å². The molecule has 0 saturated carbocycles. The lowest BCUT2D eigenvalue weighted by molar-refractivity contribution is 0.535. The number of nitrogens with one attached hydrogen (secondary N) is 1. The van der Waals surface area contributed by atoms with E-state index in [1.807, 2.05) is 12.1 Å². The molecule has 1 heterocycles. The number of rotatable bonds is 13. The molecule has 3 heteroatoms. The monoisotopic (exact) mass is 605 g/mol. The number of para-hydroxylation sites is 2. The van der Waals surface area contributed by atoms with Gasteiger partial charge in [0.1, 0.15) is 0 Å². The molecule has 4 aromatic carbocycles. The van der Waals surface area contributed by atoms with Crippen molar-refractivity contribution in [1.82, 2.24) is 0 Å². The van der Waals surface area contributed by atoms with Crippen molar-refractivity contribution in [2.75, 3.05) is 17.3 Å². The first kappa shape index (κ1) is 32.5. The Bertz CT molecular complexity index is 1740. The van der Waals surface area contributed by atoms with Crippen molar-refractivity contribution in [3.05, 3.63) is 163 Å². The van der Waals surface area contributed by atoms with Crippen LogP contribution in [0, 0.1) is 0 Å². The average molecular weight is 606 g/mol. The van der Waals surface area contributed by atoms with E-state index in [0.717, 1.165) is 53.3 Å². The minimum Gasteiger partial charge on any atom is -0.354 e. The van der Waals surface area contributed by atoms with Crippen LogP contribution in [0.4, 0.5) is 17.1 Å². The normalized spacial score (nSPS) is 15.7. The van der Waals surface area contributed by atoms with E-state index >= 15 is 0 Å². The van der Waals surface area contributed by atoms with Crippen LogP contribution < -0.4 is 10.2 Å². The number of fused-ring (bicyclic) bond motifs is 1. The molecular weight excluding hydrogens is 558 g/mol. The van der Waals surface area contributed by atoms with Crippen molar-refractivity contribution in [2.24, 2.45) is 4.99 Å². The Kier molecular flexibility index (Phi) is 10.5. The summed E-state index contributed by atoms with van der Waals surface area (Å²) in [6.07, 6.45) is 9.08. The van der Waals surface area contributed by atoms with Crippen LogP contribution in [0.1, 0.15) is 68.6 Å². The minimum atomic E-state index is -0.144. The maximum Gasteiger partial charge on any atom is 0.0969 e. The largest absolute Gasteiger partial charge is 0.354 e. The Morgan fingerprint density at radius 1 is 0.913 bits per heavy atom. The topological polar surface area (TPSA) is 27.6 Å². The number of nitrogens with zero attached hydrogens (tertiary/aromatic N) is 2. The summed E-state index contributed by atoms with van der Waals surface area (Å²) < 4.78 is 0. The molecule has 0 fully saturated rings. The summed E-state index contributed by atoms with van der Waals surface area (Å²) in [4.78, 5) is 7.53. The van der Waals surface area contributed by atoms with Gasteiger partial charge in [-0.3, -0.25) is 4.99 Å². The van der Waals surface area contributed by atoms with E-state index < -0.39 is 0 Å². The van der Waals surface area contributed by atoms with Gasteiger partial charge in [-0.2, -0.15) is 0 Å². The van der Waals surface area contributed by atoms with E-state index in [-0.39, 0.29) is 12.0 Å². The molecule has 5 rings (SSSR count). The second-order valence-electron chi connectivity index (χ2n) is 12.4. The number of anilines is 3. The maximum atomic E-state index is 5.33. The third-order valence-electron chi connectivity index (χ3n) is 8.94. The highest BCUT2D eigenvalue weighted by Gasteiger charge is 2.34. The SMILES string of the molecule is C=CC1=NC(C(=C)N(C)c2ccccc2Nc2ccc(-c3ccccc3)cc2)C(CCC(=C)/C=C\CC)c2cc(C(C)C)ccc21. The van der Waals surface area contributed by atoms with E-state index in [4.69, 9.17) is 11.6 Å². The van der Waals surface area contributed by atoms with Gasteiger partial charge >= 0.3 is 0 Å². The van der Waals surface area contributed by atoms with Gasteiger partial charge in [-0.25, -0.2) is 0 Å². The van der Waals surface area contributed by atoms with Crippen LogP contribution in [-0.2, 0) is 0 Å². The highest BCUT2D eigenvalue weighted by atomic mass is 15.2. The lowest BCUT2D eigenvalue weighted by atomic mass is 9.78. The number of hydrogen-bond acceptors (Lipinski definition) is 3. The summed E-state index contributed by atoms with van der Waals surface area (Å²) in [5, 5.41) is 3.66. The zero-order chi connectivity index (χ0) is 32.6. The molecule has 0 aliphatic carbocycles. The zero-order valence-corrected chi connectivity index (χ0v) is 27.8. The van der Waals surface area contributed by atoms with Crippen molar-refractivity contribution in [3.63, 3.8) is 0 Å². The molecule has 3 nitrogen and oxygen atoms in total. The number of aliphatic imine (C=N–C) groups is 1. The molecule has 2 unspecified atom stereocenters. The van der Waals surface area contributed by atoms with E-state index in [1.54, 1.807) is 0 Å². The van der Waals surface area contributed by atoms with E-state index in [9.17, 15) is 0 Å². The summed E-state index contributed by atoms with van der Waals surface area (Å²) in [5.74, 6) is 0.591. The Hall–Kier alpha value is -4.89. The van der Waals surface area contributed by atoms with Crippen LogP contribution >= 0.6 is 0 Å². The second-order valence-corrected chi connectivity index (χ2v) is 12.4. The Morgan fingerprint density at radius 3 is 2.30 bits per heavy atom. The smallest absolute Gasteiger partial charge is 0.0969 e. The third kappa shape index (κ3) is 7.32. The van der Waals surface area contributed by atoms with Crippen molar-refractivity contribution in [2.45, 2.75) is 57.9 Å². The molecule has 1 aliphatic rings. The first-order valence-electron chi connectivity index (χ1n) is 16.4. The van der Waals surface area contributed by atoms with Crippen LogP contribution in [0.15, 0.2) is 151 Å². The summed E-state index contributed by atoms with van der Waals surface area (Å²) >= 11 is 0. The van der Waals surface area contributed by atoms with Crippen molar-refractivity contribution < 1.29 is 0 Å². The fourth-order valence-electron chi connectivity index (χ4n) is 6.21. The van der Waals surface area contributed by atoms with Crippen LogP contribution in [-0.4, -0.2) is 18.8 Å². The summed E-state index contributed by atoms with van der Waals surface area (Å²) in [6, 6.07) is 34.2. The molecule has 0 spiro atoms. The molecule has 0 saturated heterocycles. The molecule has 1 aliphatic heterocycles. The predicted octanol–water partition coefficient (Wildman–Crippen LogP) is 11.6. The second kappa shape index (κ2) is 14.9. The van der Waals surface area contributed by atoms with Gasteiger partial charge in [-0.05, 0) is 77.8 Å². The Morgan fingerprint density at radius 2 is 1.61 bits per heavy atom. The van der Waals surface area contributed by atoms with Crippen molar-refractivity contribution >= 4 is 22.8 Å². The predicted molar refractivity (Wildman–Crippen MR) is 201 cm³/mol. The molecule has 46 heavy (non-hydrogen) atoms. The quantitative estimate of drug-likeness (QED) is 0.154. The number of allylic oxidation sites excluding steroid dienone is 4. The molecule has 4 aromatic rings. The number of hydrogen-bond donors (Lipinski definition) is 1. The molecular formula is C43H47N3. The molecule has 0 radical (unpaired) electrons. The molecule has 0 aromatic heterocycles. The molecule has 2 atom stereocenters. The van der Waals surface area contributed by atoms with Gasteiger partial charge in [-0.1, -0.05) is 131 Å². The van der Waals surface area contributed by atoms with Crippen LogP contribution in [0.25, 0.3) is 11.1 Å². The third-order valence-corrected chi connectivity index (χ3v) is 8.94. The Labute approximate surface area is 276 Å². The zero-order valence-electron chi connectivity index (χ0n) is 27.8. The van der Waals surface area contributed by atoms with Crippen molar-refractivity contribution in [1.29, 1.82) is 0 Å². The fourth-order valence-corrected chi connectivity index (χ4v) is 6.21. The van der Waals surface area contributed by atoms with Gasteiger partial charge in [0, 0.05) is 29.9 Å². The van der Waals surface area contributed by atoms with Crippen LogP contribution in [0.5, 0.6) is 0 Å². The molecule has 0 amide bonds. The van der Waals surface area contributed by atoms with Gasteiger partial charge in [0.15, 0.2) is 0 Å². The number of likely N-dealkylation sites (N-methyl/N-ethyl adjacent to an activating group) is 1. The van der Waals surface area contributed by atoms with Gasteiger partial charge in [0.2, 0.25) is 0 Å². The van der Waals surface area contributed by atoms with Crippen LogP contribution in [0.3, 0.4) is 0 Å².